The first-order valence-corrected chi connectivity index (χ1v) is 5.02. The van der Waals surface area contributed by atoms with Gasteiger partial charge in [-0.15, -0.1) is 0 Å². The maximum atomic E-state index is 8.37. The van der Waals surface area contributed by atoms with Crippen LogP contribution in [0.3, 0.4) is 0 Å². The summed E-state index contributed by atoms with van der Waals surface area (Å²) in [5, 5.41) is 14.5. The van der Waals surface area contributed by atoms with E-state index in [1.807, 2.05) is 25.1 Å². The molecule has 5 heteroatoms. The average Bonchev–Trinajstić information content (AvgIpc) is 2.30. The van der Waals surface area contributed by atoms with E-state index >= 15 is 0 Å². The van der Waals surface area contributed by atoms with E-state index in [1.54, 1.807) is 7.11 Å². The smallest absolute Gasteiger partial charge is 0.140 e. The van der Waals surface area contributed by atoms with Crippen LogP contribution in [0.2, 0.25) is 0 Å². The highest BCUT2D eigenvalue weighted by Crippen LogP contribution is 2.20. The number of rotatable bonds is 5. The van der Waals surface area contributed by atoms with Gasteiger partial charge >= 0.3 is 0 Å². The Bertz CT molecular complexity index is 377. The van der Waals surface area contributed by atoms with E-state index in [0.29, 0.717) is 13.0 Å². The number of benzene rings is 1. The predicted octanol–water partition coefficient (Wildman–Crippen LogP) is 1.55. The molecule has 0 aliphatic rings. The second-order valence-electron chi connectivity index (χ2n) is 3.45. The Kier molecular flexibility index (Phi) is 4.44. The van der Waals surface area contributed by atoms with Crippen molar-refractivity contribution < 1.29 is 9.94 Å². The van der Waals surface area contributed by atoms with E-state index in [2.05, 4.69) is 10.5 Å². The molecule has 1 aromatic carbocycles. The van der Waals surface area contributed by atoms with Gasteiger partial charge in [-0.1, -0.05) is 5.16 Å². The Morgan fingerprint density at radius 3 is 2.88 bits per heavy atom. The van der Waals surface area contributed by atoms with Gasteiger partial charge in [-0.2, -0.15) is 0 Å². The van der Waals surface area contributed by atoms with E-state index in [1.165, 1.54) is 0 Å². The van der Waals surface area contributed by atoms with E-state index in [0.717, 1.165) is 17.0 Å². The molecule has 0 unspecified atom stereocenters. The number of oxime groups is 1. The van der Waals surface area contributed by atoms with Crippen LogP contribution in [0.1, 0.15) is 12.0 Å². The molecule has 0 aliphatic heterocycles. The van der Waals surface area contributed by atoms with Gasteiger partial charge in [0.2, 0.25) is 0 Å². The summed E-state index contributed by atoms with van der Waals surface area (Å²) in [7, 11) is 1.64. The molecular formula is C11H17N3O2. The van der Waals surface area contributed by atoms with Gasteiger partial charge in [0.1, 0.15) is 11.6 Å². The highest BCUT2D eigenvalue weighted by Gasteiger charge is 2.00. The molecule has 1 aromatic rings. The van der Waals surface area contributed by atoms with Crippen LogP contribution in [0.15, 0.2) is 23.4 Å². The van der Waals surface area contributed by atoms with Crippen LogP contribution >= 0.6 is 0 Å². The third kappa shape index (κ3) is 3.34. The van der Waals surface area contributed by atoms with Crippen LogP contribution in [-0.2, 0) is 0 Å². The van der Waals surface area contributed by atoms with Crippen LogP contribution in [0.25, 0.3) is 0 Å². The van der Waals surface area contributed by atoms with Crippen molar-refractivity contribution in [3.05, 3.63) is 23.8 Å². The molecule has 0 aromatic heterocycles. The number of ether oxygens (including phenoxy) is 1. The van der Waals surface area contributed by atoms with Crippen molar-refractivity contribution in [1.82, 2.24) is 0 Å². The first kappa shape index (κ1) is 12.2. The van der Waals surface area contributed by atoms with Gasteiger partial charge in [-0.05, 0) is 30.7 Å². The molecule has 1 rings (SSSR count). The molecule has 0 saturated carbocycles. The van der Waals surface area contributed by atoms with Crippen molar-refractivity contribution in [2.45, 2.75) is 13.3 Å². The molecule has 0 heterocycles. The lowest BCUT2D eigenvalue weighted by molar-refractivity contribution is 0.317. The van der Waals surface area contributed by atoms with Gasteiger partial charge in [0.05, 0.1) is 7.11 Å². The molecule has 0 spiro atoms. The monoisotopic (exact) mass is 223 g/mol. The van der Waals surface area contributed by atoms with Gasteiger partial charge in [-0.25, -0.2) is 0 Å². The third-order valence-corrected chi connectivity index (χ3v) is 2.26. The number of methoxy groups -OCH3 is 1. The number of nitrogens with one attached hydrogen (secondary N) is 1. The van der Waals surface area contributed by atoms with Crippen LogP contribution in [-0.4, -0.2) is 24.7 Å². The summed E-state index contributed by atoms with van der Waals surface area (Å²) >= 11 is 0. The van der Waals surface area contributed by atoms with Crippen molar-refractivity contribution in [2.24, 2.45) is 10.9 Å². The Morgan fingerprint density at radius 1 is 1.56 bits per heavy atom. The second-order valence-corrected chi connectivity index (χ2v) is 3.45. The highest BCUT2D eigenvalue weighted by atomic mass is 16.5. The minimum Gasteiger partial charge on any atom is -0.497 e. The molecule has 0 fully saturated rings. The first-order chi connectivity index (χ1) is 7.67. The number of nitrogens with two attached hydrogens (primary N) is 1. The van der Waals surface area contributed by atoms with Crippen molar-refractivity contribution in [2.75, 3.05) is 19.0 Å². The van der Waals surface area contributed by atoms with Crippen molar-refractivity contribution in [3.63, 3.8) is 0 Å². The topological polar surface area (TPSA) is 79.9 Å². The first-order valence-electron chi connectivity index (χ1n) is 5.02. The van der Waals surface area contributed by atoms with Gasteiger partial charge in [-0.3, -0.25) is 0 Å². The largest absolute Gasteiger partial charge is 0.497 e. The normalized spacial score (nSPS) is 11.2. The van der Waals surface area contributed by atoms with E-state index in [9.17, 15) is 0 Å². The number of hydrogen-bond acceptors (Lipinski definition) is 4. The van der Waals surface area contributed by atoms with Gasteiger partial charge in [0.25, 0.3) is 0 Å². The molecule has 88 valence electrons. The highest BCUT2D eigenvalue weighted by molar-refractivity contribution is 5.80. The predicted molar refractivity (Wildman–Crippen MR) is 64.2 cm³/mol. The zero-order valence-electron chi connectivity index (χ0n) is 9.53. The van der Waals surface area contributed by atoms with Crippen LogP contribution in [0.5, 0.6) is 5.75 Å². The number of nitrogens with zero attached hydrogens (tertiary/aromatic N) is 1. The summed E-state index contributed by atoms with van der Waals surface area (Å²) in [5.41, 5.74) is 7.48. The molecule has 0 aliphatic carbocycles. The van der Waals surface area contributed by atoms with Crippen molar-refractivity contribution in [1.29, 1.82) is 0 Å². The van der Waals surface area contributed by atoms with Crippen LogP contribution < -0.4 is 15.8 Å². The number of amidine groups is 1. The van der Waals surface area contributed by atoms with Crippen LogP contribution in [0, 0.1) is 6.92 Å². The van der Waals surface area contributed by atoms with Crippen LogP contribution in [0.4, 0.5) is 5.69 Å². The lowest BCUT2D eigenvalue weighted by Crippen LogP contribution is -2.16. The second kappa shape index (κ2) is 5.85. The summed E-state index contributed by atoms with van der Waals surface area (Å²) < 4.78 is 5.11. The number of hydrogen-bond donors (Lipinski definition) is 3. The summed E-state index contributed by atoms with van der Waals surface area (Å²) in [5.74, 6) is 1.05. The van der Waals surface area contributed by atoms with Crippen molar-refractivity contribution in [3.8, 4) is 5.75 Å². The summed E-state index contributed by atoms with van der Waals surface area (Å²) in [6, 6.07) is 5.78. The maximum absolute atomic E-state index is 8.37. The standard InChI is InChI=1S/C11H17N3O2/c1-8-7-9(16-2)3-4-10(8)13-6-5-11(12)14-15/h3-4,7,13,15H,5-6H2,1-2H3,(H2,12,14). The number of anilines is 1. The Hall–Kier alpha value is -1.91. The third-order valence-electron chi connectivity index (χ3n) is 2.26. The molecule has 5 nitrogen and oxygen atoms in total. The van der Waals surface area contributed by atoms with Gasteiger partial charge in [0, 0.05) is 18.7 Å². The zero-order valence-corrected chi connectivity index (χ0v) is 9.53. The van der Waals surface area contributed by atoms with Crippen molar-refractivity contribution >= 4 is 11.5 Å². The number of aryl methyl sites for hydroxylation is 1. The zero-order chi connectivity index (χ0) is 12.0. The molecule has 0 radical (unpaired) electrons. The fraction of sp³-hybridized carbons (Fsp3) is 0.364. The molecule has 0 saturated heterocycles. The van der Waals surface area contributed by atoms with E-state index < -0.39 is 0 Å². The maximum Gasteiger partial charge on any atom is 0.140 e. The Labute approximate surface area is 94.9 Å². The Morgan fingerprint density at radius 2 is 2.31 bits per heavy atom. The van der Waals surface area contributed by atoms with Gasteiger partial charge < -0.3 is 21.0 Å². The minimum absolute atomic E-state index is 0.221. The molecule has 0 bridgehead atoms. The fourth-order valence-electron chi connectivity index (χ4n) is 1.34. The lowest BCUT2D eigenvalue weighted by atomic mass is 10.2. The average molecular weight is 223 g/mol. The molecular weight excluding hydrogens is 206 g/mol. The molecule has 16 heavy (non-hydrogen) atoms. The van der Waals surface area contributed by atoms with E-state index in [4.69, 9.17) is 15.7 Å². The summed E-state index contributed by atoms with van der Waals surface area (Å²) in [6.07, 6.45) is 0.502. The Balaban J connectivity index is 2.54. The van der Waals surface area contributed by atoms with Gasteiger partial charge in [0.15, 0.2) is 0 Å². The minimum atomic E-state index is 0.221. The lowest BCUT2D eigenvalue weighted by Gasteiger charge is -2.10. The quantitative estimate of drug-likeness (QED) is 0.306. The molecule has 0 amide bonds. The summed E-state index contributed by atoms with van der Waals surface area (Å²) in [4.78, 5) is 0. The molecule has 4 N–H and O–H groups in total. The SMILES string of the molecule is COc1ccc(NCCC(N)=NO)c(C)c1. The molecule has 0 atom stereocenters. The fourth-order valence-corrected chi connectivity index (χ4v) is 1.34. The van der Waals surface area contributed by atoms with E-state index in [-0.39, 0.29) is 5.84 Å². The summed E-state index contributed by atoms with van der Waals surface area (Å²) in [6.45, 7) is 2.62.